The fourth-order valence-electron chi connectivity index (χ4n) is 1.87. The highest BCUT2D eigenvalue weighted by Gasteiger charge is 2.31. The molecule has 0 aromatic heterocycles. The van der Waals surface area contributed by atoms with Crippen LogP contribution in [0.5, 0.6) is 0 Å². The normalized spacial score (nSPS) is 11.6. The first-order valence-electron chi connectivity index (χ1n) is 6.34. The molecule has 0 fully saturated rings. The van der Waals surface area contributed by atoms with E-state index in [0.29, 0.717) is 11.8 Å². The van der Waals surface area contributed by atoms with E-state index in [4.69, 9.17) is 0 Å². The molecule has 9 nitrogen and oxygen atoms in total. The Kier molecular flexibility index (Phi) is 5.57. The summed E-state index contributed by atoms with van der Waals surface area (Å²) in [4.78, 5) is 21.0. The van der Waals surface area contributed by atoms with Gasteiger partial charge in [-0.05, 0) is 25.8 Å². The van der Waals surface area contributed by atoms with Crippen LogP contribution in [0.3, 0.4) is 0 Å². The molecule has 22 heavy (non-hydrogen) atoms. The molecule has 0 bridgehead atoms. The first-order valence-corrected chi connectivity index (χ1v) is 7.48. The van der Waals surface area contributed by atoms with Gasteiger partial charge in [0.2, 0.25) is 10.3 Å². The molecule has 0 spiro atoms. The summed E-state index contributed by atoms with van der Waals surface area (Å²) >= 11 is 0. The SMILES string of the molecule is CCC(C)Nc1c([N+](=O)[O-])cc(C)c(C=S(=O)=O)c1[N+](=O)[O-]. The first kappa shape index (κ1) is 17.6. The molecule has 0 saturated heterocycles. The van der Waals surface area contributed by atoms with Crippen LogP contribution < -0.4 is 5.32 Å². The minimum absolute atomic E-state index is 0.136. The van der Waals surface area contributed by atoms with Crippen LogP contribution in [-0.4, -0.2) is 29.7 Å². The van der Waals surface area contributed by atoms with E-state index < -0.39 is 31.5 Å². The van der Waals surface area contributed by atoms with Crippen LogP contribution in [0.15, 0.2) is 6.07 Å². The topological polar surface area (TPSA) is 132 Å². The van der Waals surface area contributed by atoms with E-state index in [0.717, 1.165) is 6.07 Å². The quantitative estimate of drug-likeness (QED) is 0.479. The Morgan fingerprint density at radius 2 is 1.91 bits per heavy atom. The van der Waals surface area contributed by atoms with Gasteiger partial charge in [0.25, 0.3) is 5.69 Å². The van der Waals surface area contributed by atoms with Crippen molar-refractivity contribution in [1.82, 2.24) is 0 Å². The smallest absolute Gasteiger partial charge is 0.307 e. The van der Waals surface area contributed by atoms with Gasteiger partial charge in [-0.15, -0.1) is 0 Å². The summed E-state index contributed by atoms with van der Waals surface area (Å²) in [6.45, 7) is 4.90. The minimum Gasteiger partial charge on any atom is -0.371 e. The highest BCUT2D eigenvalue weighted by molar-refractivity contribution is 7.71. The number of nitrogens with one attached hydrogen (secondary N) is 1. The molecule has 0 aliphatic rings. The molecule has 0 radical (unpaired) electrons. The van der Waals surface area contributed by atoms with Crippen LogP contribution in [0.25, 0.3) is 0 Å². The Labute approximate surface area is 127 Å². The Morgan fingerprint density at radius 3 is 2.32 bits per heavy atom. The molecule has 120 valence electrons. The second-order valence-corrected chi connectivity index (χ2v) is 5.45. The predicted octanol–water partition coefficient (Wildman–Crippen LogP) is 2.05. The fraction of sp³-hybridized carbons (Fsp3) is 0.417. The maximum Gasteiger partial charge on any atom is 0.307 e. The molecule has 0 saturated carbocycles. The summed E-state index contributed by atoms with van der Waals surface area (Å²) in [5, 5.41) is 25.9. The van der Waals surface area contributed by atoms with Gasteiger partial charge in [0.05, 0.1) is 20.8 Å². The van der Waals surface area contributed by atoms with Gasteiger partial charge in [-0.1, -0.05) is 6.92 Å². The number of benzene rings is 1. The lowest BCUT2D eigenvalue weighted by Gasteiger charge is -2.15. The summed E-state index contributed by atoms with van der Waals surface area (Å²) in [5.74, 6) is 0. The number of rotatable bonds is 6. The zero-order valence-corrected chi connectivity index (χ0v) is 13.0. The maximum absolute atomic E-state index is 11.3. The molecule has 1 atom stereocenters. The van der Waals surface area contributed by atoms with Crippen molar-refractivity contribution in [2.75, 3.05) is 5.32 Å². The summed E-state index contributed by atoms with van der Waals surface area (Å²) in [7, 11) is -2.67. The third kappa shape index (κ3) is 3.79. The van der Waals surface area contributed by atoms with Gasteiger partial charge in [0, 0.05) is 12.1 Å². The lowest BCUT2D eigenvalue weighted by atomic mass is 10.0. The molecule has 1 aromatic rings. The number of aryl methyl sites for hydroxylation is 1. The number of nitrogens with zero attached hydrogens (tertiary/aromatic N) is 2. The molecule has 1 N–H and O–H groups in total. The largest absolute Gasteiger partial charge is 0.371 e. The van der Waals surface area contributed by atoms with Gasteiger partial charge >= 0.3 is 5.69 Å². The van der Waals surface area contributed by atoms with Crippen molar-refractivity contribution in [1.29, 1.82) is 0 Å². The highest BCUT2D eigenvalue weighted by Crippen LogP contribution is 2.39. The third-order valence-electron chi connectivity index (χ3n) is 3.12. The average Bonchev–Trinajstić information content (AvgIpc) is 2.40. The van der Waals surface area contributed by atoms with Crippen LogP contribution in [-0.2, 0) is 10.3 Å². The zero-order valence-electron chi connectivity index (χ0n) is 12.2. The highest BCUT2D eigenvalue weighted by atomic mass is 32.2. The Bertz CT molecular complexity index is 749. The number of anilines is 1. The van der Waals surface area contributed by atoms with Gasteiger partial charge in [0.15, 0.2) is 5.69 Å². The monoisotopic (exact) mass is 329 g/mol. The maximum atomic E-state index is 11.3. The van der Waals surface area contributed by atoms with Crippen LogP contribution in [0.2, 0.25) is 0 Å². The van der Waals surface area contributed by atoms with Gasteiger partial charge in [-0.3, -0.25) is 20.2 Å². The van der Waals surface area contributed by atoms with Crippen molar-refractivity contribution in [3.05, 3.63) is 37.4 Å². The van der Waals surface area contributed by atoms with Crippen molar-refractivity contribution < 1.29 is 18.3 Å². The molecule has 1 rings (SSSR count). The molecule has 10 heteroatoms. The summed E-state index contributed by atoms with van der Waals surface area (Å²) in [5.41, 5.74) is -1.40. The van der Waals surface area contributed by atoms with Crippen molar-refractivity contribution in [2.24, 2.45) is 0 Å². The molecule has 0 aliphatic carbocycles. The van der Waals surface area contributed by atoms with E-state index >= 15 is 0 Å². The van der Waals surface area contributed by atoms with Crippen LogP contribution >= 0.6 is 0 Å². The summed E-state index contributed by atoms with van der Waals surface area (Å²) in [6.07, 6.45) is 0.578. The second-order valence-electron chi connectivity index (χ2n) is 4.70. The average molecular weight is 329 g/mol. The lowest BCUT2D eigenvalue weighted by Crippen LogP contribution is -2.17. The molecule has 0 amide bonds. The van der Waals surface area contributed by atoms with Crippen molar-refractivity contribution >= 4 is 32.7 Å². The van der Waals surface area contributed by atoms with E-state index in [1.807, 2.05) is 6.92 Å². The molecular formula is C12H15N3O6S. The number of hydrogen-bond acceptors (Lipinski definition) is 7. The number of nitro groups is 2. The third-order valence-corrected chi connectivity index (χ3v) is 3.55. The minimum atomic E-state index is -2.67. The summed E-state index contributed by atoms with van der Waals surface area (Å²) in [6, 6.07) is 0.863. The van der Waals surface area contributed by atoms with Crippen molar-refractivity contribution in [3.63, 3.8) is 0 Å². The first-order chi connectivity index (χ1) is 10.2. The fourth-order valence-corrected chi connectivity index (χ4v) is 2.36. The Hall–Kier alpha value is -2.49. The Balaban J connectivity index is 3.84. The van der Waals surface area contributed by atoms with Crippen LogP contribution in [0, 0.1) is 27.2 Å². The molecule has 1 unspecified atom stereocenters. The second kappa shape index (κ2) is 6.98. The molecule has 0 heterocycles. The molecule has 0 aliphatic heterocycles. The van der Waals surface area contributed by atoms with Crippen LogP contribution in [0.1, 0.15) is 31.4 Å². The number of nitro benzene ring substituents is 2. The molecule has 1 aromatic carbocycles. The number of hydrogen-bond donors (Lipinski definition) is 1. The zero-order chi connectivity index (χ0) is 17.0. The van der Waals surface area contributed by atoms with Gasteiger partial charge < -0.3 is 5.32 Å². The van der Waals surface area contributed by atoms with E-state index in [-0.39, 0.29) is 22.9 Å². The van der Waals surface area contributed by atoms with E-state index in [2.05, 4.69) is 5.32 Å². The Morgan fingerprint density at radius 1 is 1.32 bits per heavy atom. The van der Waals surface area contributed by atoms with Gasteiger partial charge in [-0.25, -0.2) is 0 Å². The van der Waals surface area contributed by atoms with Crippen molar-refractivity contribution in [2.45, 2.75) is 33.2 Å². The van der Waals surface area contributed by atoms with Gasteiger partial charge in [0.1, 0.15) is 0 Å². The predicted molar refractivity (Wildman–Crippen MR) is 81.9 cm³/mol. The standard InChI is InChI=1S/C12H15N3O6S/c1-4-8(3)13-11-10(14(16)17)5-7(2)9(6-22(20)21)12(11)15(18)19/h5-6,8,13H,4H2,1-3H3. The van der Waals surface area contributed by atoms with Crippen molar-refractivity contribution in [3.8, 4) is 0 Å². The molecular weight excluding hydrogens is 314 g/mol. The van der Waals surface area contributed by atoms with Crippen LogP contribution in [0.4, 0.5) is 17.1 Å². The van der Waals surface area contributed by atoms with E-state index in [1.165, 1.54) is 6.92 Å². The van der Waals surface area contributed by atoms with E-state index in [9.17, 15) is 28.6 Å². The van der Waals surface area contributed by atoms with E-state index in [1.54, 1.807) is 6.92 Å². The van der Waals surface area contributed by atoms with Gasteiger partial charge in [-0.2, -0.15) is 8.42 Å². The summed E-state index contributed by atoms with van der Waals surface area (Å²) < 4.78 is 21.7. The lowest BCUT2D eigenvalue weighted by molar-refractivity contribution is -0.392.